The van der Waals surface area contributed by atoms with Crippen LogP contribution in [-0.2, 0) is 20.7 Å². The smallest absolute Gasteiger partial charge is 0.412 e. The molecule has 0 saturated heterocycles. The third-order valence-corrected chi connectivity index (χ3v) is 4.33. The SMILES string of the molecule is CC(C)CC(N)C(=O)OCOC(=O)N(C)C(C)Cc1ccc2c(c1)OCO2. The summed E-state index contributed by atoms with van der Waals surface area (Å²) in [5.74, 6) is 1.12. The molecule has 0 bridgehead atoms. The summed E-state index contributed by atoms with van der Waals surface area (Å²) in [7, 11) is 1.63. The zero-order valence-electron chi connectivity index (χ0n) is 16.3. The molecule has 1 heterocycles. The van der Waals surface area contributed by atoms with E-state index in [-0.39, 0.29) is 18.8 Å². The van der Waals surface area contributed by atoms with Crippen LogP contribution in [0.3, 0.4) is 0 Å². The standard InChI is InChI=1S/C19H28N2O6/c1-12(2)7-15(20)18(22)26-11-27-19(23)21(4)13(3)8-14-5-6-16-17(9-14)25-10-24-16/h5-6,9,12-13,15H,7-8,10-11,20H2,1-4H3. The lowest BCUT2D eigenvalue weighted by atomic mass is 10.1. The van der Waals surface area contributed by atoms with Crippen molar-refractivity contribution in [1.82, 2.24) is 4.90 Å². The summed E-state index contributed by atoms with van der Waals surface area (Å²) in [4.78, 5) is 25.3. The number of fused-ring (bicyclic) bond motifs is 1. The second-order valence-electron chi connectivity index (χ2n) is 7.08. The van der Waals surface area contributed by atoms with E-state index in [1.54, 1.807) is 7.05 Å². The van der Waals surface area contributed by atoms with E-state index in [9.17, 15) is 9.59 Å². The molecule has 0 aromatic heterocycles. The molecule has 1 aliphatic rings. The van der Waals surface area contributed by atoms with Crippen LogP contribution in [0.25, 0.3) is 0 Å². The Morgan fingerprint density at radius 1 is 1.19 bits per heavy atom. The number of carbonyl (C=O) groups excluding carboxylic acids is 2. The highest BCUT2D eigenvalue weighted by atomic mass is 16.7. The number of rotatable bonds is 8. The number of ether oxygens (including phenoxy) is 4. The fraction of sp³-hybridized carbons (Fsp3) is 0.579. The Morgan fingerprint density at radius 3 is 2.59 bits per heavy atom. The molecule has 1 aliphatic heterocycles. The molecule has 150 valence electrons. The van der Waals surface area contributed by atoms with Crippen LogP contribution in [0.1, 0.15) is 32.8 Å². The normalized spacial score (nSPS) is 14.6. The van der Waals surface area contributed by atoms with Gasteiger partial charge in [0.2, 0.25) is 13.6 Å². The summed E-state index contributed by atoms with van der Waals surface area (Å²) < 4.78 is 20.6. The van der Waals surface area contributed by atoms with Crippen molar-refractivity contribution in [2.75, 3.05) is 20.6 Å². The minimum Gasteiger partial charge on any atom is -0.454 e. The summed E-state index contributed by atoms with van der Waals surface area (Å²) >= 11 is 0. The summed E-state index contributed by atoms with van der Waals surface area (Å²) in [6, 6.07) is 4.84. The van der Waals surface area contributed by atoms with Crippen molar-refractivity contribution in [3.05, 3.63) is 23.8 Å². The zero-order chi connectivity index (χ0) is 20.0. The van der Waals surface area contributed by atoms with Gasteiger partial charge in [0.15, 0.2) is 11.5 Å². The summed E-state index contributed by atoms with van der Waals surface area (Å²) in [5.41, 5.74) is 6.73. The molecule has 2 unspecified atom stereocenters. The van der Waals surface area contributed by atoms with Gasteiger partial charge in [-0.3, -0.25) is 4.79 Å². The molecule has 1 aromatic rings. The molecule has 27 heavy (non-hydrogen) atoms. The van der Waals surface area contributed by atoms with Crippen LogP contribution in [0.2, 0.25) is 0 Å². The number of benzene rings is 1. The van der Waals surface area contributed by atoms with Crippen LogP contribution in [0.4, 0.5) is 4.79 Å². The van der Waals surface area contributed by atoms with Crippen molar-refractivity contribution in [3.63, 3.8) is 0 Å². The van der Waals surface area contributed by atoms with E-state index in [2.05, 4.69) is 0 Å². The maximum Gasteiger partial charge on any atom is 0.412 e. The van der Waals surface area contributed by atoms with Crippen LogP contribution in [-0.4, -0.2) is 49.7 Å². The first-order valence-electron chi connectivity index (χ1n) is 8.98. The highest BCUT2D eigenvalue weighted by molar-refractivity contribution is 5.75. The van der Waals surface area contributed by atoms with E-state index in [0.29, 0.717) is 18.6 Å². The number of hydrogen-bond donors (Lipinski definition) is 1. The lowest BCUT2D eigenvalue weighted by Gasteiger charge is -2.24. The monoisotopic (exact) mass is 380 g/mol. The molecular formula is C19H28N2O6. The number of likely N-dealkylation sites (N-methyl/N-ethyl adjacent to an activating group) is 1. The number of amides is 1. The fourth-order valence-electron chi connectivity index (χ4n) is 2.68. The van der Waals surface area contributed by atoms with Crippen molar-refractivity contribution < 1.29 is 28.5 Å². The number of esters is 1. The van der Waals surface area contributed by atoms with Gasteiger partial charge in [-0.2, -0.15) is 0 Å². The highest BCUT2D eigenvalue weighted by Gasteiger charge is 2.21. The Bertz CT molecular complexity index is 664. The largest absolute Gasteiger partial charge is 0.454 e. The Balaban J connectivity index is 1.76. The predicted octanol–water partition coefficient (Wildman–Crippen LogP) is 2.29. The van der Waals surface area contributed by atoms with Crippen molar-refractivity contribution in [3.8, 4) is 11.5 Å². The van der Waals surface area contributed by atoms with Gasteiger partial charge >= 0.3 is 12.1 Å². The molecule has 0 aliphatic carbocycles. The first kappa shape index (κ1) is 20.8. The molecule has 2 N–H and O–H groups in total. The first-order valence-corrected chi connectivity index (χ1v) is 8.98. The van der Waals surface area contributed by atoms with Gasteiger partial charge in [-0.05, 0) is 43.4 Å². The van der Waals surface area contributed by atoms with Crippen molar-refractivity contribution in [1.29, 1.82) is 0 Å². The molecule has 8 heteroatoms. The third kappa shape index (κ3) is 6.02. The molecule has 1 aromatic carbocycles. The predicted molar refractivity (Wildman–Crippen MR) is 98.4 cm³/mol. The molecule has 8 nitrogen and oxygen atoms in total. The zero-order valence-corrected chi connectivity index (χ0v) is 16.3. The van der Waals surface area contributed by atoms with Crippen molar-refractivity contribution in [2.45, 2.75) is 45.7 Å². The van der Waals surface area contributed by atoms with Gasteiger partial charge in [0.25, 0.3) is 0 Å². The number of hydrogen-bond acceptors (Lipinski definition) is 7. The quantitative estimate of drug-likeness (QED) is 0.545. The first-order chi connectivity index (χ1) is 12.8. The van der Waals surface area contributed by atoms with Crippen LogP contribution in [0, 0.1) is 5.92 Å². The Kier molecular flexibility index (Phi) is 7.29. The average molecular weight is 380 g/mol. The number of nitrogens with zero attached hydrogens (tertiary/aromatic N) is 1. The highest BCUT2D eigenvalue weighted by Crippen LogP contribution is 2.32. The minimum atomic E-state index is -0.716. The van der Waals surface area contributed by atoms with Gasteiger partial charge in [0.1, 0.15) is 6.04 Å². The van der Waals surface area contributed by atoms with Crippen molar-refractivity contribution >= 4 is 12.1 Å². The number of carbonyl (C=O) groups is 2. The third-order valence-electron chi connectivity index (χ3n) is 4.33. The van der Waals surface area contributed by atoms with Gasteiger partial charge in [-0.15, -0.1) is 0 Å². The van der Waals surface area contributed by atoms with Crippen LogP contribution >= 0.6 is 0 Å². The van der Waals surface area contributed by atoms with Crippen LogP contribution < -0.4 is 15.2 Å². The van der Waals surface area contributed by atoms with E-state index in [4.69, 9.17) is 24.7 Å². The summed E-state index contributed by atoms with van der Waals surface area (Å²) in [6.07, 6.45) is 0.550. The molecule has 2 rings (SSSR count). The Labute approximate surface area is 159 Å². The summed E-state index contributed by atoms with van der Waals surface area (Å²) in [6.45, 7) is 5.59. The Hall–Kier alpha value is -2.48. The molecular weight excluding hydrogens is 352 g/mol. The van der Waals surface area contributed by atoms with E-state index in [0.717, 1.165) is 11.3 Å². The number of nitrogens with two attached hydrogens (primary N) is 1. The molecule has 0 spiro atoms. The van der Waals surface area contributed by atoms with E-state index in [1.807, 2.05) is 39.0 Å². The van der Waals surface area contributed by atoms with Gasteiger partial charge in [0, 0.05) is 13.1 Å². The molecule has 2 atom stereocenters. The second kappa shape index (κ2) is 9.45. The average Bonchev–Trinajstić information content (AvgIpc) is 3.07. The Morgan fingerprint density at radius 2 is 1.89 bits per heavy atom. The lowest BCUT2D eigenvalue weighted by molar-refractivity contribution is -0.154. The van der Waals surface area contributed by atoms with Gasteiger partial charge in [-0.1, -0.05) is 19.9 Å². The van der Waals surface area contributed by atoms with E-state index < -0.39 is 24.9 Å². The molecule has 1 amide bonds. The maximum absolute atomic E-state index is 12.1. The topological polar surface area (TPSA) is 100 Å². The summed E-state index contributed by atoms with van der Waals surface area (Å²) in [5, 5.41) is 0. The van der Waals surface area contributed by atoms with Crippen molar-refractivity contribution in [2.24, 2.45) is 11.7 Å². The van der Waals surface area contributed by atoms with E-state index >= 15 is 0 Å². The molecule has 0 fully saturated rings. The van der Waals surface area contributed by atoms with Gasteiger partial charge in [-0.25, -0.2) is 4.79 Å². The minimum absolute atomic E-state index is 0.128. The van der Waals surface area contributed by atoms with Gasteiger partial charge in [0.05, 0.1) is 0 Å². The van der Waals surface area contributed by atoms with Crippen LogP contribution in [0.15, 0.2) is 18.2 Å². The fourth-order valence-corrected chi connectivity index (χ4v) is 2.68. The van der Waals surface area contributed by atoms with E-state index in [1.165, 1.54) is 4.90 Å². The van der Waals surface area contributed by atoms with Gasteiger partial charge < -0.3 is 29.6 Å². The lowest BCUT2D eigenvalue weighted by Crippen LogP contribution is -2.38. The second-order valence-corrected chi connectivity index (χ2v) is 7.08. The van der Waals surface area contributed by atoms with Crippen LogP contribution in [0.5, 0.6) is 11.5 Å². The maximum atomic E-state index is 12.1. The molecule has 0 saturated carbocycles. The molecule has 0 radical (unpaired) electrons.